The maximum absolute atomic E-state index is 8.44. The monoisotopic (exact) mass is 208 g/mol. The maximum Gasteiger partial charge on any atom is -0.107 e. The van der Waals surface area contributed by atoms with Crippen LogP contribution < -0.4 is 0 Å². The van der Waals surface area contributed by atoms with Crippen LogP contribution in [0.4, 0.5) is 0 Å². The molecule has 0 aliphatic carbocycles. The Kier molecular flexibility index (Phi) is 8.88. The Balaban J connectivity index is 0. The molecule has 0 aliphatic heterocycles. The minimum Gasteiger partial charge on any atom is -0.784 e. The van der Waals surface area contributed by atoms with Crippen LogP contribution in [0, 0.1) is 0 Å². The Bertz CT molecular complexity index is 29.9. The van der Waals surface area contributed by atoms with Gasteiger partial charge in [-0.25, -0.2) is 0 Å². The van der Waals surface area contributed by atoms with Crippen molar-refractivity contribution < 1.29 is 13.3 Å². The Morgan fingerprint density at radius 2 is 1.40 bits per heavy atom. The lowest BCUT2D eigenvalue weighted by molar-refractivity contribution is 0.419. The van der Waals surface area contributed by atoms with Gasteiger partial charge in [0, 0.05) is 0 Å². The minimum absolute atomic E-state index is 0. The lowest BCUT2D eigenvalue weighted by Crippen LogP contribution is -1.76. The first-order chi connectivity index (χ1) is 1.73. The Hall–Kier alpha value is 0.800. The van der Waals surface area contributed by atoms with Gasteiger partial charge in [-0.2, -0.15) is 0 Å². The molecular formula is HIO3S-2. The molecule has 0 aromatic heterocycles. The van der Waals surface area contributed by atoms with Gasteiger partial charge in [0.2, 0.25) is 0 Å². The van der Waals surface area contributed by atoms with E-state index in [1.165, 1.54) is 0 Å². The van der Waals surface area contributed by atoms with Crippen molar-refractivity contribution in [1.29, 1.82) is 0 Å². The van der Waals surface area contributed by atoms with E-state index in [-0.39, 0.29) is 24.0 Å². The zero-order chi connectivity index (χ0) is 3.58. The number of hydrogen-bond donors (Lipinski definition) is 0. The third-order valence-electron chi connectivity index (χ3n) is 0. The molecule has 5 heteroatoms. The van der Waals surface area contributed by atoms with Crippen LogP contribution in [0.5, 0.6) is 0 Å². The number of hydrogen-bond acceptors (Lipinski definition) is 3. The van der Waals surface area contributed by atoms with Crippen molar-refractivity contribution in [3.8, 4) is 0 Å². The Morgan fingerprint density at radius 3 is 1.40 bits per heavy atom. The van der Waals surface area contributed by atoms with E-state index in [4.69, 9.17) is 13.3 Å². The van der Waals surface area contributed by atoms with Crippen LogP contribution in [-0.2, 0) is 11.4 Å². The first-order valence-corrected chi connectivity index (χ1v) is 1.50. The molecule has 0 N–H and O–H groups in total. The van der Waals surface area contributed by atoms with Gasteiger partial charge in [0.05, 0.1) is 0 Å². The highest BCUT2D eigenvalue weighted by atomic mass is 127. The zero-order valence-electron chi connectivity index (χ0n) is 2.04. The van der Waals surface area contributed by atoms with Crippen molar-refractivity contribution in [2.75, 3.05) is 0 Å². The molecular weight excluding hydrogens is 207 g/mol. The molecule has 34 valence electrons. The molecule has 0 bridgehead atoms. The molecule has 0 fully saturated rings. The standard InChI is InChI=1S/HI.H2O3S/c;1-4(2)3/h1H;(H2,1,2,3)/p-2. The molecule has 0 aromatic carbocycles. The van der Waals surface area contributed by atoms with E-state index in [1.807, 2.05) is 0 Å². The molecule has 0 aromatic rings. The summed E-state index contributed by atoms with van der Waals surface area (Å²) in [5.74, 6) is 0. The van der Waals surface area contributed by atoms with E-state index < -0.39 is 11.4 Å². The van der Waals surface area contributed by atoms with E-state index in [1.54, 1.807) is 0 Å². The molecule has 0 amide bonds. The Labute approximate surface area is 48.9 Å². The summed E-state index contributed by atoms with van der Waals surface area (Å²) in [4.78, 5) is 0. The summed E-state index contributed by atoms with van der Waals surface area (Å²) in [6.45, 7) is 0. The van der Waals surface area contributed by atoms with Crippen LogP contribution in [-0.4, -0.2) is 13.3 Å². The van der Waals surface area contributed by atoms with E-state index in [0.29, 0.717) is 0 Å². The molecule has 0 radical (unpaired) electrons. The third-order valence-corrected chi connectivity index (χ3v) is 0. The lowest BCUT2D eigenvalue weighted by atomic mass is 15.8. The van der Waals surface area contributed by atoms with Crippen LogP contribution in [0.15, 0.2) is 0 Å². The van der Waals surface area contributed by atoms with Crippen molar-refractivity contribution in [2.45, 2.75) is 0 Å². The van der Waals surface area contributed by atoms with Gasteiger partial charge in [0.15, 0.2) is 0 Å². The molecule has 0 saturated heterocycles. The summed E-state index contributed by atoms with van der Waals surface area (Å²) in [6.07, 6.45) is 0. The summed E-state index contributed by atoms with van der Waals surface area (Å²) in [5, 5.41) is 0. The molecule has 0 atom stereocenters. The first kappa shape index (κ1) is 9.25. The summed E-state index contributed by atoms with van der Waals surface area (Å²) in [6, 6.07) is 0. The summed E-state index contributed by atoms with van der Waals surface area (Å²) in [7, 11) is 0. The summed E-state index contributed by atoms with van der Waals surface area (Å²) in [5.41, 5.74) is 0. The molecule has 0 heterocycles. The average molecular weight is 208 g/mol. The van der Waals surface area contributed by atoms with Crippen LogP contribution >= 0.6 is 24.0 Å². The van der Waals surface area contributed by atoms with Gasteiger partial charge in [-0.05, 0) is 0 Å². The van der Waals surface area contributed by atoms with E-state index in [2.05, 4.69) is 0 Å². The molecule has 0 unspecified atom stereocenters. The van der Waals surface area contributed by atoms with Crippen LogP contribution in [0.25, 0.3) is 0 Å². The SMILES string of the molecule is I.O=S([O-])[O-]. The fraction of sp³-hybridized carbons (Fsp3) is 0. The van der Waals surface area contributed by atoms with Gasteiger partial charge in [0.25, 0.3) is 0 Å². The third kappa shape index (κ3) is 58.8. The second-order valence-electron chi connectivity index (χ2n) is 0.204. The van der Waals surface area contributed by atoms with Gasteiger partial charge in [-0.3, -0.25) is 4.21 Å². The topological polar surface area (TPSA) is 63.2 Å². The molecule has 0 rings (SSSR count). The molecule has 0 saturated carbocycles. The van der Waals surface area contributed by atoms with Gasteiger partial charge in [0.1, 0.15) is 0 Å². The van der Waals surface area contributed by atoms with Crippen molar-refractivity contribution in [1.82, 2.24) is 0 Å². The maximum atomic E-state index is 8.44. The summed E-state index contributed by atoms with van der Waals surface area (Å²) >= 11 is -3.11. The Morgan fingerprint density at radius 1 is 1.40 bits per heavy atom. The first-order valence-electron chi connectivity index (χ1n) is 0.500. The zero-order valence-corrected chi connectivity index (χ0v) is 5.19. The predicted molar refractivity (Wildman–Crippen MR) is 25.1 cm³/mol. The number of rotatable bonds is 0. The predicted octanol–water partition coefficient (Wildman–Crippen LogP) is -0.386. The normalized spacial score (nSPS) is 7.00. The molecule has 3 nitrogen and oxygen atoms in total. The minimum atomic E-state index is -3.11. The highest BCUT2D eigenvalue weighted by Crippen LogP contribution is 1.42. The highest BCUT2D eigenvalue weighted by molar-refractivity contribution is 14.0. The van der Waals surface area contributed by atoms with E-state index >= 15 is 0 Å². The smallest absolute Gasteiger partial charge is 0.107 e. The van der Waals surface area contributed by atoms with Crippen molar-refractivity contribution >= 4 is 35.3 Å². The van der Waals surface area contributed by atoms with Gasteiger partial charge in [-0.1, -0.05) is 0 Å². The molecule has 0 spiro atoms. The van der Waals surface area contributed by atoms with E-state index in [0.717, 1.165) is 0 Å². The molecule has 0 aliphatic rings. The second-order valence-corrected chi connectivity index (χ2v) is 0.612. The van der Waals surface area contributed by atoms with Crippen LogP contribution in [0.2, 0.25) is 0 Å². The lowest BCUT2D eigenvalue weighted by Gasteiger charge is -2.03. The fourth-order valence-electron chi connectivity index (χ4n) is 0. The van der Waals surface area contributed by atoms with E-state index in [9.17, 15) is 0 Å². The van der Waals surface area contributed by atoms with Crippen molar-refractivity contribution in [3.05, 3.63) is 0 Å². The largest absolute Gasteiger partial charge is 0.784 e. The van der Waals surface area contributed by atoms with Crippen LogP contribution in [0.1, 0.15) is 0 Å². The second kappa shape index (κ2) is 4.80. The number of halogens is 1. The van der Waals surface area contributed by atoms with Gasteiger partial charge in [-0.15, -0.1) is 35.3 Å². The quantitative estimate of drug-likeness (QED) is 0.402. The fourth-order valence-corrected chi connectivity index (χ4v) is 0. The van der Waals surface area contributed by atoms with Crippen molar-refractivity contribution in [3.63, 3.8) is 0 Å². The van der Waals surface area contributed by atoms with Crippen molar-refractivity contribution in [2.24, 2.45) is 0 Å². The van der Waals surface area contributed by atoms with Gasteiger partial charge < -0.3 is 9.11 Å². The summed E-state index contributed by atoms with van der Waals surface area (Å²) < 4.78 is 25.3. The van der Waals surface area contributed by atoms with Crippen LogP contribution in [0.3, 0.4) is 0 Å². The van der Waals surface area contributed by atoms with Gasteiger partial charge >= 0.3 is 0 Å². The highest BCUT2D eigenvalue weighted by Gasteiger charge is 1.20. The molecule has 5 heavy (non-hydrogen) atoms. The average Bonchev–Trinajstić information content (AvgIpc) is 0.811.